The highest BCUT2D eigenvalue weighted by Gasteiger charge is 2.20. The topological polar surface area (TPSA) is 64.6 Å². The molecule has 0 aromatic heterocycles. The second-order valence-electron chi connectivity index (χ2n) is 5.99. The number of carbonyl (C=O) groups excluding carboxylic acids is 1. The molecule has 0 aliphatic carbocycles. The number of nitrogens with zero attached hydrogens (tertiary/aromatic N) is 1. The minimum atomic E-state index is -0.0676. The number of hydrogen-bond donors (Lipinski definition) is 3. The van der Waals surface area contributed by atoms with Crippen LogP contribution < -0.4 is 10.6 Å². The Balaban J connectivity index is 1.73. The number of nitrogens with one attached hydrogen (secondary N) is 2. The number of aromatic hydroxyl groups is 1. The van der Waals surface area contributed by atoms with E-state index in [1.807, 2.05) is 26.0 Å². The fourth-order valence-electron chi connectivity index (χ4n) is 2.58. The number of amides is 2. The summed E-state index contributed by atoms with van der Waals surface area (Å²) < 4.78 is 0. The smallest absolute Gasteiger partial charge is 0.315 e. The molecule has 1 saturated heterocycles. The molecule has 2 rings (SSSR count). The number of benzene rings is 1. The van der Waals surface area contributed by atoms with E-state index in [1.54, 1.807) is 12.1 Å². The SMILES string of the molecule is CC(C)NC(=O)NC1CCN(Cc2ccc(O)cc2)CC1. The number of phenols is 1. The van der Waals surface area contributed by atoms with Gasteiger partial charge >= 0.3 is 6.03 Å². The number of urea groups is 1. The first-order valence-corrected chi connectivity index (χ1v) is 7.60. The average molecular weight is 291 g/mol. The molecule has 116 valence electrons. The molecule has 0 unspecified atom stereocenters. The summed E-state index contributed by atoms with van der Waals surface area (Å²) in [6.45, 7) is 6.77. The van der Waals surface area contributed by atoms with E-state index in [-0.39, 0.29) is 18.1 Å². The van der Waals surface area contributed by atoms with Crippen LogP contribution in [0.15, 0.2) is 24.3 Å². The van der Waals surface area contributed by atoms with E-state index < -0.39 is 0 Å². The van der Waals surface area contributed by atoms with Crippen LogP contribution in [0.2, 0.25) is 0 Å². The van der Waals surface area contributed by atoms with Gasteiger partial charge < -0.3 is 15.7 Å². The van der Waals surface area contributed by atoms with Gasteiger partial charge in [-0.25, -0.2) is 4.79 Å². The fraction of sp³-hybridized carbons (Fsp3) is 0.562. The maximum Gasteiger partial charge on any atom is 0.315 e. The molecule has 1 aliphatic rings. The Hall–Kier alpha value is -1.75. The van der Waals surface area contributed by atoms with Crippen molar-refractivity contribution >= 4 is 6.03 Å². The normalized spacial score (nSPS) is 16.9. The van der Waals surface area contributed by atoms with Crippen LogP contribution >= 0.6 is 0 Å². The van der Waals surface area contributed by atoms with Crippen molar-refractivity contribution in [3.05, 3.63) is 29.8 Å². The van der Waals surface area contributed by atoms with Crippen LogP contribution in [0.4, 0.5) is 4.79 Å². The zero-order valence-corrected chi connectivity index (χ0v) is 12.8. The molecule has 1 aliphatic heterocycles. The van der Waals surface area contributed by atoms with E-state index in [1.165, 1.54) is 5.56 Å². The zero-order chi connectivity index (χ0) is 15.2. The van der Waals surface area contributed by atoms with E-state index in [0.29, 0.717) is 5.75 Å². The highest BCUT2D eigenvalue weighted by molar-refractivity contribution is 5.74. The summed E-state index contributed by atoms with van der Waals surface area (Å²) in [6.07, 6.45) is 1.95. The average Bonchev–Trinajstić information content (AvgIpc) is 2.42. The standard InChI is InChI=1S/C16H25N3O2/c1-12(2)17-16(21)18-14-7-9-19(10-8-14)11-13-3-5-15(20)6-4-13/h3-6,12,14,20H,7-11H2,1-2H3,(H2,17,18,21). The lowest BCUT2D eigenvalue weighted by atomic mass is 10.0. The van der Waals surface area contributed by atoms with Gasteiger partial charge in [0.25, 0.3) is 0 Å². The zero-order valence-electron chi connectivity index (χ0n) is 12.8. The van der Waals surface area contributed by atoms with Crippen LogP contribution in [-0.4, -0.2) is 41.2 Å². The molecule has 21 heavy (non-hydrogen) atoms. The number of rotatable bonds is 4. The minimum absolute atomic E-state index is 0.0676. The second-order valence-corrected chi connectivity index (χ2v) is 5.99. The third kappa shape index (κ3) is 5.27. The van der Waals surface area contributed by atoms with Crippen molar-refractivity contribution in [1.82, 2.24) is 15.5 Å². The maximum atomic E-state index is 11.7. The van der Waals surface area contributed by atoms with Crippen LogP contribution in [0.3, 0.4) is 0 Å². The summed E-state index contributed by atoms with van der Waals surface area (Å²) in [5.74, 6) is 0.304. The first-order valence-electron chi connectivity index (χ1n) is 7.60. The largest absolute Gasteiger partial charge is 0.508 e. The van der Waals surface area contributed by atoms with E-state index in [9.17, 15) is 9.90 Å². The molecule has 2 amide bonds. The van der Waals surface area contributed by atoms with Gasteiger partial charge in [-0.1, -0.05) is 12.1 Å². The Labute approximate surface area is 126 Å². The van der Waals surface area contributed by atoms with Crippen molar-refractivity contribution < 1.29 is 9.90 Å². The lowest BCUT2D eigenvalue weighted by molar-refractivity contribution is 0.186. The van der Waals surface area contributed by atoms with Crippen LogP contribution in [0.25, 0.3) is 0 Å². The predicted molar refractivity (Wildman–Crippen MR) is 83.2 cm³/mol. The maximum absolute atomic E-state index is 11.7. The molecular formula is C16H25N3O2. The fourth-order valence-corrected chi connectivity index (χ4v) is 2.58. The van der Waals surface area contributed by atoms with E-state index >= 15 is 0 Å². The van der Waals surface area contributed by atoms with E-state index in [0.717, 1.165) is 32.5 Å². The molecule has 0 atom stereocenters. The van der Waals surface area contributed by atoms with Crippen LogP contribution in [-0.2, 0) is 6.54 Å². The molecule has 0 bridgehead atoms. The number of carbonyl (C=O) groups is 1. The number of hydrogen-bond acceptors (Lipinski definition) is 3. The third-order valence-electron chi connectivity index (χ3n) is 3.69. The van der Waals surface area contributed by atoms with Gasteiger partial charge in [0.15, 0.2) is 0 Å². The molecule has 3 N–H and O–H groups in total. The van der Waals surface area contributed by atoms with Crippen molar-refractivity contribution in [2.75, 3.05) is 13.1 Å². The number of likely N-dealkylation sites (tertiary alicyclic amines) is 1. The monoisotopic (exact) mass is 291 g/mol. The quantitative estimate of drug-likeness (QED) is 0.795. The van der Waals surface area contributed by atoms with Gasteiger partial charge in [0.05, 0.1) is 0 Å². The Morgan fingerprint density at radius 3 is 2.48 bits per heavy atom. The Bertz CT molecular complexity index is 451. The lowest BCUT2D eigenvalue weighted by Crippen LogP contribution is -2.49. The van der Waals surface area contributed by atoms with Gasteiger partial charge in [-0.15, -0.1) is 0 Å². The minimum Gasteiger partial charge on any atom is -0.508 e. The van der Waals surface area contributed by atoms with Crippen molar-refractivity contribution in [3.8, 4) is 5.75 Å². The highest BCUT2D eigenvalue weighted by atomic mass is 16.3. The summed E-state index contributed by atoms with van der Waals surface area (Å²) in [5.41, 5.74) is 1.21. The number of phenolic OH excluding ortho intramolecular Hbond substituents is 1. The van der Waals surface area contributed by atoms with Crippen molar-refractivity contribution in [1.29, 1.82) is 0 Å². The summed E-state index contributed by atoms with van der Waals surface area (Å²) in [7, 11) is 0. The summed E-state index contributed by atoms with van der Waals surface area (Å²) in [4.78, 5) is 14.0. The first kappa shape index (κ1) is 15.6. The summed E-state index contributed by atoms with van der Waals surface area (Å²) in [6, 6.07) is 7.71. The van der Waals surface area contributed by atoms with E-state index in [2.05, 4.69) is 15.5 Å². The van der Waals surface area contributed by atoms with Gasteiger partial charge in [-0.05, 0) is 44.4 Å². The molecule has 0 radical (unpaired) electrons. The first-order chi connectivity index (χ1) is 10.0. The molecule has 0 spiro atoms. The van der Waals surface area contributed by atoms with Gasteiger partial charge in [-0.3, -0.25) is 4.90 Å². The van der Waals surface area contributed by atoms with Crippen LogP contribution in [0.1, 0.15) is 32.3 Å². The van der Waals surface area contributed by atoms with Gasteiger partial charge in [0, 0.05) is 31.7 Å². The van der Waals surface area contributed by atoms with Gasteiger partial charge in [-0.2, -0.15) is 0 Å². The number of piperidine rings is 1. The van der Waals surface area contributed by atoms with Crippen molar-refractivity contribution in [2.24, 2.45) is 0 Å². The van der Waals surface area contributed by atoms with E-state index in [4.69, 9.17) is 0 Å². The van der Waals surface area contributed by atoms with Crippen molar-refractivity contribution in [2.45, 2.75) is 45.3 Å². The predicted octanol–water partition coefficient (Wildman–Crippen LogP) is 2.06. The molecule has 1 aromatic rings. The Kier molecular flexibility index (Phi) is 5.44. The summed E-state index contributed by atoms with van der Waals surface area (Å²) >= 11 is 0. The molecule has 5 heteroatoms. The molecule has 1 heterocycles. The highest BCUT2D eigenvalue weighted by Crippen LogP contribution is 2.16. The second kappa shape index (κ2) is 7.31. The Morgan fingerprint density at radius 2 is 1.90 bits per heavy atom. The van der Waals surface area contributed by atoms with Crippen LogP contribution in [0.5, 0.6) is 5.75 Å². The summed E-state index contributed by atoms with van der Waals surface area (Å²) in [5, 5.41) is 15.2. The molecule has 1 fully saturated rings. The molecular weight excluding hydrogens is 266 g/mol. The van der Waals surface area contributed by atoms with Crippen LogP contribution in [0, 0.1) is 0 Å². The van der Waals surface area contributed by atoms with Gasteiger partial charge in [0.1, 0.15) is 5.75 Å². The third-order valence-corrected chi connectivity index (χ3v) is 3.69. The molecule has 5 nitrogen and oxygen atoms in total. The lowest BCUT2D eigenvalue weighted by Gasteiger charge is -2.32. The van der Waals surface area contributed by atoms with Gasteiger partial charge in [0.2, 0.25) is 0 Å². The van der Waals surface area contributed by atoms with Crippen molar-refractivity contribution in [3.63, 3.8) is 0 Å². The Morgan fingerprint density at radius 1 is 1.29 bits per heavy atom. The molecule has 1 aromatic carbocycles. The molecule has 0 saturated carbocycles.